The molecule has 4 fully saturated rings. The molecule has 0 aromatic rings. The van der Waals surface area contributed by atoms with Gasteiger partial charge in [-0.15, -0.1) is 0 Å². The maximum absolute atomic E-state index is 12.7. The highest BCUT2D eigenvalue weighted by Gasteiger charge is 2.66. The van der Waals surface area contributed by atoms with Gasteiger partial charge in [-0.25, -0.2) is 0 Å². The third kappa shape index (κ3) is 1.80. The van der Waals surface area contributed by atoms with Crippen LogP contribution in [0.15, 0.2) is 12.2 Å². The van der Waals surface area contributed by atoms with Crippen molar-refractivity contribution in [2.45, 2.75) is 57.2 Å². The van der Waals surface area contributed by atoms with Gasteiger partial charge >= 0.3 is 11.9 Å². The second kappa shape index (κ2) is 4.34. The van der Waals surface area contributed by atoms with Crippen LogP contribution in [0.5, 0.6) is 0 Å². The Morgan fingerprint density at radius 3 is 2.76 bits per heavy atom. The molecule has 3 aliphatic carbocycles. The molecule has 0 N–H and O–H groups in total. The van der Waals surface area contributed by atoms with E-state index in [1.807, 2.05) is 6.92 Å². The summed E-state index contributed by atoms with van der Waals surface area (Å²) in [4.78, 5) is 24.8. The van der Waals surface area contributed by atoms with Gasteiger partial charge in [0.2, 0.25) is 0 Å². The SMILES string of the molecule is C=C1C2CC3C1OC(=O)C3C2C(=O)OC1(C)CCCCC1. The summed E-state index contributed by atoms with van der Waals surface area (Å²) >= 11 is 0. The molecule has 3 saturated carbocycles. The van der Waals surface area contributed by atoms with Crippen molar-refractivity contribution in [3.8, 4) is 0 Å². The molecule has 0 spiro atoms. The lowest BCUT2D eigenvalue weighted by Crippen LogP contribution is -2.41. The zero-order valence-electron chi connectivity index (χ0n) is 12.5. The van der Waals surface area contributed by atoms with Crippen LogP contribution < -0.4 is 0 Å². The van der Waals surface area contributed by atoms with Crippen LogP contribution in [-0.4, -0.2) is 23.6 Å². The van der Waals surface area contributed by atoms with Crippen LogP contribution in [0, 0.1) is 23.7 Å². The first-order valence-corrected chi connectivity index (χ1v) is 8.12. The Hall–Kier alpha value is -1.32. The quantitative estimate of drug-likeness (QED) is 0.579. The van der Waals surface area contributed by atoms with Gasteiger partial charge in [0.25, 0.3) is 0 Å². The summed E-state index contributed by atoms with van der Waals surface area (Å²) in [5, 5.41) is 0. The second-order valence-electron chi connectivity index (χ2n) is 7.42. The molecule has 0 aromatic heterocycles. The Kier molecular flexibility index (Phi) is 2.76. The predicted octanol–water partition coefficient (Wildman–Crippen LogP) is 2.62. The number of carbonyl (C=O) groups is 2. The minimum Gasteiger partial charge on any atom is -0.459 e. The summed E-state index contributed by atoms with van der Waals surface area (Å²) in [7, 11) is 0. The second-order valence-corrected chi connectivity index (χ2v) is 7.42. The largest absolute Gasteiger partial charge is 0.459 e. The van der Waals surface area contributed by atoms with Crippen molar-refractivity contribution >= 4 is 11.9 Å². The Bertz CT molecular complexity index is 517. The van der Waals surface area contributed by atoms with Gasteiger partial charge in [-0.3, -0.25) is 9.59 Å². The summed E-state index contributed by atoms with van der Waals surface area (Å²) in [5.74, 6) is -0.821. The van der Waals surface area contributed by atoms with Gasteiger partial charge in [-0.1, -0.05) is 13.0 Å². The van der Waals surface area contributed by atoms with Crippen LogP contribution in [0.25, 0.3) is 0 Å². The smallest absolute Gasteiger partial charge is 0.310 e. The molecule has 4 rings (SSSR count). The van der Waals surface area contributed by atoms with E-state index in [1.54, 1.807) is 0 Å². The molecule has 2 bridgehead atoms. The molecular weight excluding hydrogens is 268 g/mol. The lowest BCUT2D eigenvalue weighted by molar-refractivity contribution is -0.170. The maximum atomic E-state index is 12.7. The van der Waals surface area contributed by atoms with Crippen molar-refractivity contribution in [3.05, 3.63) is 12.2 Å². The highest BCUT2D eigenvalue weighted by Crippen LogP contribution is 2.60. The van der Waals surface area contributed by atoms with E-state index in [2.05, 4.69) is 6.58 Å². The molecule has 1 heterocycles. The fraction of sp³-hybridized carbons (Fsp3) is 0.765. The predicted molar refractivity (Wildman–Crippen MR) is 75.2 cm³/mol. The molecular formula is C17H22O4. The topological polar surface area (TPSA) is 52.6 Å². The minimum atomic E-state index is -0.354. The molecule has 4 nitrogen and oxygen atoms in total. The number of hydrogen-bond donors (Lipinski definition) is 0. The average Bonchev–Trinajstić information content (AvgIpc) is 3.03. The van der Waals surface area contributed by atoms with Crippen LogP contribution in [0.3, 0.4) is 0 Å². The molecule has 114 valence electrons. The number of carbonyl (C=O) groups excluding carboxylic acids is 2. The van der Waals surface area contributed by atoms with Crippen LogP contribution >= 0.6 is 0 Å². The Balaban J connectivity index is 1.55. The number of fused-ring (bicyclic) bond motifs is 1. The number of rotatable bonds is 2. The molecule has 0 aromatic carbocycles. The summed E-state index contributed by atoms with van der Waals surface area (Å²) in [6.45, 7) is 6.09. The fourth-order valence-electron chi connectivity index (χ4n) is 4.99. The van der Waals surface area contributed by atoms with Gasteiger partial charge in [0, 0.05) is 5.92 Å². The van der Waals surface area contributed by atoms with Crippen molar-refractivity contribution in [1.29, 1.82) is 0 Å². The zero-order valence-corrected chi connectivity index (χ0v) is 12.5. The summed E-state index contributed by atoms with van der Waals surface area (Å²) in [6, 6.07) is 0. The van der Waals surface area contributed by atoms with Gasteiger partial charge < -0.3 is 9.47 Å². The van der Waals surface area contributed by atoms with Crippen molar-refractivity contribution in [3.63, 3.8) is 0 Å². The third-order valence-corrected chi connectivity index (χ3v) is 6.08. The van der Waals surface area contributed by atoms with Crippen molar-refractivity contribution < 1.29 is 19.1 Å². The van der Waals surface area contributed by atoms with E-state index in [0.717, 1.165) is 37.7 Å². The normalized spacial score (nSPS) is 43.0. The third-order valence-electron chi connectivity index (χ3n) is 6.08. The molecule has 21 heavy (non-hydrogen) atoms. The zero-order chi connectivity index (χ0) is 14.8. The Morgan fingerprint density at radius 1 is 1.33 bits per heavy atom. The molecule has 4 aliphatic rings. The van der Waals surface area contributed by atoms with Crippen LogP contribution in [-0.2, 0) is 19.1 Å². The van der Waals surface area contributed by atoms with Crippen molar-refractivity contribution in [2.75, 3.05) is 0 Å². The molecule has 0 amide bonds. The van der Waals surface area contributed by atoms with Gasteiger partial charge in [-0.2, -0.15) is 0 Å². The van der Waals surface area contributed by atoms with E-state index in [9.17, 15) is 9.59 Å². The van der Waals surface area contributed by atoms with Crippen molar-refractivity contribution in [2.24, 2.45) is 23.7 Å². The highest BCUT2D eigenvalue weighted by molar-refractivity contribution is 5.87. The lowest BCUT2D eigenvalue weighted by Gasteiger charge is -2.35. The summed E-state index contributed by atoms with van der Waals surface area (Å²) < 4.78 is 11.3. The Morgan fingerprint density at radius 2 is 2.05 bits per heavy atom. The summed E-state index contributed by atoms with van der Waals surface area (Å²) in [6.07, 6.45) is 6.02. The van der Waals surface area contributed by atoms with Gasteiger partial charge in [0.05, 0.1) is 11.8 Å². The minimum absolute atomic E-state index is 0.0798. The number of ether oxygens (including phenoxy) is 2. The van der Waals surface area contributed by atoms with E-state index in [4.69, 9.17) is 9.47 Å². The first kappa shape index (κ1) is 13.4. The first-order valence-electron chi connectivity index (χ1n) is 8.12. The van der Waals surface area contributed by atoms with Crippen molar-refractivity contribution in [1.82, 2.24) is 0 Å². The molecule has 5 atom stereocenters. The molecule has 0 radical (unpaired) electrons. The van der Waals surface area contributed by atoms with E-state index in [0.29, 0.717) is 0 Å². The van der Waals surface area contributed by atoms with E-state index >= 15 is 0 Å². The number of esters is 2. The average molecular weight is 290 g/mol. The van der Waals surface area contributed by atoms with Gasteiger partial charge in [0.15, 0.2) is 0 Å². The van der Waals surface area contributed by atoms with E-state index in [1.165, 1.54) is 6.42 Å². The summed E-state index contributed by atoms with van der Waals surface area (Å²) in [5.41, 5.74) is 0.582. The Labute approximate surface area is 124 Å². The molecule has 1 saturated heterocycles. The molecule has 1 aliphatic heterocycles. The highest BCUT2D eigenvalue weighted by atomic mass is 16.6. The van der Waals surface area contributed by atoms with E-state index < -0.39 is 0 Å². The lowest BCUT2D eigenvalue weighted by atomic mass is 9.77. The maximum Gasteiger partial charge on any atom is 0.310 e. The van der Waals surface area contributed by atoms with Crippen LogP contribution in [0.1, 0.15) is 45.4 Å². The number of hydrogen-bond acceptors (Lipinski definition) is 4. The van der Waals surface area contributed by atoms with Crippen LogP contribution in [0.4, 0.5) is 0 Å². The standard InChI is InChI=1S/C17H22O4/c1-9-10-8-11-13(15(18)20-14(9)11)12(10)16(19)21-17(2)6-4-3-5-7-17/h10-14H,1,3-8H2,2H3. The van der Waals surface area contributed by atoms with Crippen LogP contribution in [0.2, 0.25) is 0 Å². The van der Waals surface area contributed by atoms with Gasteiger partial charge in [0.1, 0.15) is 11.7 Å². The molecule has 5 unspecified atom stereocenters. The van der Waals surface area contributed by atoms with E-state index in [-0.39, 0.29) is 47.3 Å². The van der Waals surface area contributed by atoms with Gasteiger partial charge in [-0.05, 0) is 50.5 Å². The first-order chi connectivity index (χ1) is 10.0. The fourth-order valence-corrected chi connectivity index (χ4v) is 4.99. The monoisotopic (exact) mass is 290 g/mol. The molecule has 4 heteroatoms.